The molecule has 1 saturated heterocycles. The minimum atomic E-state index is -4.41. The first-order valence-electron chi connectivity index (χ1n) is 12.8. The molecule has 0 saturated carbocycles. The average molecular weight is 520 g/mol. The number of alkyl halides is 3. The maximum Gasteiger partial charge on any atom is 0.405 e. The zero-order chi connectivity index (χ0) is 27.6. The Kier molecular flexibility index (Phi) is 11.2. The maximum absolute atomic E-state index is 13.0. The molecule has 1 fully saturated rings. The van der Waals surface area contributed by atoms with Crippen molar-refractivity contribution in [3.05, 3.63) is 66.3 Å². The van der Waals surface area contributed by atoms with Gasteiger partial charge in [0.15, 0.2) is 0 Å². The highest BCUT2D eigenvalue weighted by Crippen LogP contribution is 2.25. The Morgan fingerprint density at radius 3 is 2.22 bits per heavy atom. The number of rotatable bonds is 12. The smallest absolute Gasteiger partial charge is 0.349 e. The minimum absolute atomic E-state index is 0.0686. The van der Waals surface area contributed by atoms with E-state index >= 15 is 0 Å². The predicted molar refractivity (Wildman–Crippen MR) is 143 cm³/mol. The van der Waals surface area contributed by atoms with Gasteiger partial charge in [-0.1, -0.05) is 75.4 Å². The molecule has 0 aromatic heterocycles. The molecule has 1 heterocycles. The van der Waals surface area contributed by atoms with Crippen LogP contribution in [0.1, 0.15) is 57.1 Å². The summed E-state index contributed by atoms with van der Waals surface area (Å²) < 4.78 is 37.1. The van der Waals surface area contributed by atoms with E-state index in [-0.39, 0.29) is 11.9 Å². The summed E-state index contributed by atoms with van der Waals surface area (Å²) in [7, 11) is 0. The fourth-order valence-electron chi connectivity index (χ4n) is 4.44. The second-order valence-corrected chi connectivity index (χ2v) is 10.3. The molecule has 2 rings (SSSR count). The predicted octanol–water partition coefficient (Wildman–Crippen LogP) is 5.58. The Morgan fingerprint density at radius 1 is 1.05 bits per heavy atom. The van der Waals surface area contributed by atoms with Crippen molar-refractivity contribution in [1.82, 2.24) is 15.5 Å². The van der Waals surface area contributed by atoms with E-state index in [1.807, 2.05) is 36.5 Å². The first kappa shape index (κ1) is 30.4. The third kappa shape index (κ3) is 9.84. The zero-order valence-electron chi connectivity index (χ0n) is 22.2. The van der Waals surface area contributed by atoms with Gasteiger partial charge in [-0.3, -0.25) is 9.59 Å². The molecule has 204 valence electrons. The number of nitrogens with one attached hydrogen (secondary N) is 2. The second-order valence-electron chi connectivity index (χ2n) is 10.3. The van der Waals surface area contributed by atoms with Crippen LogP contribution in [-0.2, 0) is 9.59 Å². The van der Waals surface area contributed by atoms with Gasteiger partial charge in [-0.05, 0) is 50.3 Å². The maximum atomic E-state index is 13.0. The SMILES string of the molecule is C=C/C(C(=O)NC1CCN(CCCCC(C)(C)C(=O)NCC(F)(F)F)CC1)=C(\C=C)c1ccc(C)cc1. The lowest BCUT2D eigenvalue weighted by molar-refractivity contribution is -0.143. The summed E-state index contributed by atoms with van der Waals surface area (Å²) in [6.45, 7) is 14.3. The lowest BCUT2D eigenvalue weighted by Gasteiger charge is -2.32. The fraction of sp³-hybridized carbons (Fsp3) is 0.517. The number of amides is 2. The topological polar surface area (TPSA) is 61.4 Å². The number of hydrogen-bond acceptors (Lipinski definition) is 3. The van der Waals surface area contributed by atoms with Gasteiger partial charge >= 0.3 is 6.18 Å². The van der Waals surface area contributed by atoms with Crippen LogP contribution in [0.2, 0.25) is 0 Å². The number of nitrogens with zero attached hydrogens (tertiary/aromatic N) is 1. The molecule has 1 aliphatic heterocycles. The van der Waals surface area contributed by atoms with Crippen LogP contribution in [0.3, 0.4) is 0 Å². The van der Waals surface area contributed by atoms with Crippen molar-refractivity contribution in [3.63, 3.8) is 0 Å². The summed E-state index contributed by atoms with van der Waals surface area (Å²) in [6.07, 6.45) is 2.64. The third-order valence-electron chi connectivity index (χ3n) is 6.82. The number of carbonyl (C=O) groups is 2. The molecular formula is C29H40F3N3O2. The van der Waals surface area contributed by atoms with Crippen LogP contribution in [0.25, 0.3) is 5.57 Å². The number of unbranched alkanes of at least 4 members (excludes halogenated alkanes) is 1. The second kappa shape index (κ2) is 13.6. The molecule has 0 radical (unpaired) electrons. The Balaban J connectivity index is 1.78. The van der Waals surface area contributed by atoms with Gasteiger partial charge in [0.05, 0.1) is 0 Å². The molecule has 1 aromatic rings. The zero-order valence-corrected chi connectivity index (χ0v) is 22.2. The standard InChI is InChI=1S/C29H40F3N3O2/c1-6-24(22-12-10-21(3)11-13-22)25(7-2)26(36)34-23-14-18-35(19-15-23)17-9-8-16-28(4,5)27(37)33-20-29(30,31)32/h6-7,10-13,23H,1-2,8-9,14-20H2,3-5H3,(H,33,37)(H,34,36)/b25-24-. The van der Waals surface area contributed by atoms with Crippen LogP contribution in [0.15, 0.2) is 55.1 Å². The molecular weight excluding hydrogens is 479 g/mol. The molecule has 0 aliphatic carbocycles. The minimum Gasteiger partial charge on any atom is -0.349 e. The molecule has 5 nitrogen and oxygen atoms in total. The van der Waals surface area contributed by atoms with E-state index in [4.69, 9.17) is 0 Å². The number of carbonyl (C=O) groups excluding carboxylic acids is 2. The van der Waals surface area contributed by atoms with Crippen LogP contribution in [-0.4, -0.2) is 55.1 Å². The van der Waals surface area contributed by atoms with Gasteiger partial charge in [0.1, 0.15) is 6.54 Å². The summed E-state index contributed by atoms with van der Waals surface area (Å²) in [5.74, 6) is -0.730. The molecule has 1 aliphatic rings. The highest BCUT2D eigenvalue weighted by atomic mass is 19.4. The van der Waals surface area contributed by atoms with Crippen molar-refractivity contribution < 1.29 is 22.8 Å². The van der Waals surface area contributed by atoms with Crippen molar-refractivity contribution >= 4 is 17.4 Å². The quantitative estimate of drug-likeness (QED) is 0.215. The molecule has 37 heavy (non-hydrogen) atoms. The van der Waals surface area contributed by atoms with Gasteiger partial charge < -0.3 is 15.5 Å². The molecule has 0 bridgehead atoms. The summed E-state index contributed by atoms with van der Waals surface area (Å²) >= 11 is 0. The van der Waals surface area contributed by atoms with E-state index in [2.05, 4.69) is 23.4 Å². The van der Waals surface area contributed by atoms with Gasteiger partial charge in [-0.15, -0.1) is 0 Å². The summed E-state index contributed by atoms with van der Waals surface area (Å²) in [5, 5.41) is 5.13. The monoisotopic (exact) mass is 519 g/mol. The van der Waals surface area contributed by atoms with Crippen LogP contribution in [0.4, 0.5) is 13.2 Å². The van der Waals surface area contributed by atoms with Gasteiger partial charge in [0.25, 0.3) is 5.91 Å². The first-order valence-corrected chi connectivity index (χ1v) is 12.8. The number of halogens is 3. The first-order chi connectivity index (χ1) is 17.4. The highest BCUT2D eigenvalue weighted by Gasteiger charge is 2.32. The normalized spacial score (nSPS) is 16.1. The van der Waals surface area contributed by atoms with Gasteiger partial charge in [0, 0.05) is 30.1 Å². The molecule has 2 N–H and O–H groups in total. The van der Waals surface area contributed by atoms with Crippen LogP contribution in [0, 0.1) is 12.3 Å². The van der Waals surface area contributed by atoms with E-state index in [1.165, 1.54) is 0 Å². The number of hydrogen-bond donors (Lipinski definition) is 2. The van der Waals surface area contributed by atoms with Crippen LogP contribution < -0.4 is 10.6 Å². The number of likely N-dealkylation sites (tertiary alicyclic amines) is 1. The average Bonchev–Trinajstić information content (AvgIpc) is 2.84. The Morgan fingerprint density at radius 2 is 1.68 bits per heavy atom. The van der Waals surface area contributed by atoms with Gasteiger partial charge in [-0.2, -0.15) is 13.2 Å². The van der Waals surface area contributed by atoms with Gasteiger partial charge in [0.2, 0.25) is 5.91 Å². The number of aryl methyl sites for hydroxylation is 1. The van der Waals surface area contributed by atoms with Crippen LogP contribution in [0.5, 0.6) is 0 Å². The molecule has 0 unspecified atom stereocenters. The molecule has 2 amide bonds. The van der Waals surface area contributed by atoms with Crippen molar-refractivity contribution in [2.45, 2.75) is 65.1 Å². The Labute approximate surface area is 218 Å². The van der Waals surface area contributed by atoms with E-state index in [0.717, 1.165) is 62.0 Å². The van der Waals surface area contributed by atoms with Gasteiger partial charge in [-0.25, -0.2) is 0 Å². The van der Waals surface area contributed by atoms with Crippen molar-refractivity contribution in [1.29, 1.82) is 0 Å². The van der Waals surface area contributed by atoms with Crippen molar-refractivity contribution in [2.24, 2.45) is 5.41 Å². The highest BCUT2D eigenvalue weighted by molar-refractivity contribution is 6.05. The summed E-state index contributed by atoms with van der Waals surface area (Å²) in [4.78, 5) is 27.4. The Hall–Kier alpha value is -2.87. The molecule has 1 aromatic carbocycles. The molecule has 8 heteroatoms. The molecule has 0 atom stereocenters. The van der Waals surface area contributed by atoms with E-state index < -0.39 is 24.0 Å². The number of piperidine rings is 1. The lowest BCUT2D eigenvalue weighted by atomic mass is 9.86. The third-order valence-corrected chi connectivity index (χ3v) is 6.82. The van der Waals surface area contributed by atoms with E-state index in [0.29, 0.717) is 12.0 Å². The number of allylic oxidation sites excluding steroid dienone is 2. The Bertz CT molecular complexity index is 973. The fourth-order valence-corrected chi connectivity index (χ4v) is 4.44. The van der Waals surface area contributed by atoms with Crippen LogP contribution >= 0.6 is 0 Å². The molecule has 0 spiro atoms. The van der Waals surface area contributed by atoms with E-state index in [1.54, 1.807) is 26.0 Å². The van der Waals surface area contributed by atoms with Crippen molar-refractivity contribution in [3.8, 4) is 0 Å². The summed E-state index contributed by atoms with van der Waals surface area (Å²) in [5.41, 5.74) is 2.46. The van der Waals surface area contributed by atoms with E-state index in [9.17, 15) is 22.8 Å². The number of benzene rings is 1. The lowest BCUT2D eigenvalue weighted by Crippen LogP contribution is -2.45. The largest absolute Gasteiger partial charge is 0.405 e. The van der Waals surface area contributed by atoms with Crippen molar-refractivity contribution in [2.75, 3.05) is 26.2 Å². The summed E-state index contributed by atoms with van der Waals surface area (Å²) in [6, 6.07) is 8.00.